The molecule has 0 amide bonds. The van der Waals surface area contributed by atoms with Gasteiger partial charge in [0.15, 0.2) is 11.5 Å². The quantitative estimate of drug-likeness (QED) is 0.801. The van der Waals surface area contributed by atoms with Gasteiger partial charge < -0.3 is 14.6 Å². The van der Waals surface area contributed by atoms with Gasteiger partial charge in [-0.25, -0.2) is 0 Å². The fourth-order valence-electron chi connectivity index (χ4n) is 3.19. The van der Waals surface area contributed by atoms with Gasteiger partial charge in [-0.15, -0.1) is 0 Å². The van der Waals surface area contributed by atoms with Gasteiger partial charge >= 0.3 is 0 Å². The first-order valence-corrected chi connectivity index (χ1v) is 8.44. The van der Waals surface area contributed by atoms with E-state index in [9.17, 15) is 5.11 Å². The topological polar surface area (TPSA) is 41.9 Å². The van der Waals surface area contributed by atoms with Crippen molar-refractivity contribution in [2.24, 2.45) is 0 Å². The highest BCUT2D eigenvalue weighted by Gasteiger charge is 2.25. The Kier molecular flexibility index (Phi) is 6.52. The molecule has 1 aromatic rings. The Labute approximate surface area is 134 Å². The summed E-state index contributed by atoms with van der Waals surface area (Å²) < 4.78 is 11.3. The minimum absolute atomic E-state index is 0.232. The van der Waals surface area contributed by atoms with Gasteiger partial charge in [0.1, 0.15) is 0 Å². The number of hydrogen-bond donors (Lipinski definition) is 1. The first-order valence-electron chi connectivity index (χ1n) is 8.44. The van der Waals surface area contributed by atoms with Crippen molar-refractivity contribution in [3.05, 3.63) is 23.8 Å². The smallest absolute Gasteiger partial charge is 0.161 e. The van der Waals surface area contributed by atoms with Crippen molar-refractivity contribution in [2.45, 2.75) is 58.7 Å². The van der Waals surface area contributed by atoms with Crippen LogP contribution in [0.2, 0.25) is 0 Å². The Morgan fingerprint density at radius 3 is 2.64 bits per heavy atom. The molecule has 1 N–H and O–H groups in total. The molecule has 1 saturated heterocycles. The van der Waals surface area contributed by atoms with Gasteiger partial charge in [0.25, 0.3) is 0 Å². The minimum Gasteiger partial charge on any atom is -0.490 e. The van der Waals surface area contributed by atoms with E-state index in [1.54, 1.807) is 0 Å². The summed E-state index contributed by atoms with van der Waals surface area (Å²) in [6.07, 6.45) is 3.02. The number of aliphatic hydroxyl groups excluding tert-OH is 1. The van der Waals surface area contributed by atoms with Gasteiger partial charge in [-0.2, -0.15) is 0 Å². The number of likely N-dealkylation sites (tertiary alicyclic amines) is 1. The molecule has 1 aliphatic heterocycles. The van der Waals surface area contributed by atoms with Crippen LogP contribution in [0.25, 0.3) is 0 Å². The Balaban J connectivity index is 2.06. The van der Waals surface area contributed by atoms with Gasteiger partial charge in [0.05, 0.1) is 19.3 Å². The van der Waals surface area contributed by atoms with Crippen molar-refractivity contribution in [1.29, 1.82) is 0 Å². The van der Waals surface area contributed by atoms with E-state index in [0.717, 1.165) is 31.0 Å². The van der Waals surface area contributed by atoms with Crippen molar-refractivity contribution in [2.75, 3.05) is 19.8 Å². The Bertz CT molecular complexity index is 462. The molecule has 0 aromatic heterocycles. The van der Waals surface area contributed by atoms with Crippen LogP contribution in [0.5, 0.6) is 11.5 Å². The second kappa shape index (κ2) is 8.39. The number of benzene rings is 1. The fraction of sp³-hybridized carbons (Fsp3) is 0.667. The molecule has 0 spiro atoms. The molecule has 1 aromatic carbocycles. The summed E-state index contributed by atoms with van der Waals surface area (Å²) in [7, 11) is 0. The van der Waals surface area contributed by atoms with E-state index >= 15 is 0 Å². The Morgan fingerprint density at radius 1 is 1.23 bits per heavy atom. The molecule has 2 rings (SSSR count). The van der Waals surface area contributed by atoms with Crippen LogP contribution in [0, 0.1) is 0 Å². The normalized spacial score (nSPS) is 20.1. The molecular weight excluding hydrogens is 278 g/mol. The zero-order chi connectivity index (χ0) is 15.9. The molecule has 0 bridgehead atoms. The predicted molar refractivity (Wildman–Crippen MR) is 88.5 cm³/mol. The van der Waals surface area contributed by atoms with E-state index < -0.39 is 0 Å². The van der Waals surface area contributed by atoms with Crippen molar-refractivity contribution >= 4 is 0 Å². The van der Waals surface area contributed by atoms with Crippen LogP contribution in [-0.2, 0) is 6.54 Å². The van der Waals surface area contributed by atoms with E-state index in [1.165, 1.54) is 18.4 Å². The van der Waals surface area contributed by atoms with Crippen LogP contribution in [0.1, 0.15) is 45.6 Å². The number of ether oxygens (including phenoxy) is 2. The zero-order valence-corrected chi connectivity index (χ0v) is 14.0. The second-order valence-electron chi connectivity index (χ2n) is 6.00. The molecule has 1 fully saturated rings. The minimum atomic E-state index is -0.232. The predicted octanol–water partition coefficient (Wildman–Crippen LogP) is 3.22. The Hall–Kier alpha value is -1.26. The van der Waals surface area contributed by atoms with Crippen LogP contribution in [0.15, 0.2) is 18.2 Å². The van der Waals surface area contributed by atoms with Crippen LogP contribution in [0.3, 0.4) is 0 Å². The summed E-state index contributed by atoms with van der Waals surface area (Å²) in [6, 6.07) is 6.70. The first-order chi connectivity index (χ1) is 10.6. The molecular formula is C18H29NO3. The standard InChI is InChI=1S/C18H29NO3/c1-4-21-17-9-8-15(12-18(17)22-5-2)13-19-10-6-7-16(19)11-14(3)20/h8-9,12,14,16,20H,4-7,10-11,13H2,1-3H3. The van der Waals surface area contributed by atoms with Crippen LogP contribution in [0.4, 0.5) is 0 Å². The lowest BCUT2D eigenvalue weighted by atomic mass is 10.1. The van der Waals surface area contributed by atoms with E-state index in [-0.39, 0.29) is 6.10 Å². The molecule has 2 unspecified atom stereocenters. The molecule has 0 radical (unpaired) electrons. The third-order valence-electron chi connectivity index (χ3n) is 4.11. The van der Waals surface area contributed by atoms with E-state index in [4.69, 9.17) is 9.47 Å². The van der Waals surface area contributed by atoms with Crippen molar-refractivity contribution in [3.8, 4) is 11.5 Å². The first kappa shape index (κ1) is 17.1. The van der Waals surface area contributed by atoms with E-state index in [0.29, 0.717) is 19.3 Å². The highest BCUT2D eigenvalue weighted by atomic mass is 16.5. The third kappa shape index (κ3) is 4.62. The van der Waals surface area contributed by atoms with Gasteiger partial charge in [0, 0.05) is 12.6 Å². The van der Waals surface area contributed by atoms with Crippen molar-refractivity contribution < 1.29 is 14.6 Å². The van der Waals surface area contributed by atoms with Crippen LogP contribution < -0.4 is 9.47 Å². The maximum atomic E-state index is 9.64. The fourth-order valence-corrected chi connectivity index (χ4v) is 3.19. The monoisotopic (exact) mass is 307 g/mol. The maximum Gasteiger partial charge on any atom is 0.161 e. The summed E-state index contributed by atoms with van der Waals surface area (Å²) in [6.45, 7) is 9.13. The molecule has 0 aliphatic carbocycles. The van der Waals surface area contributed by atoms with Gasteiger partial charge in [-0.05, 0) is 64.3 Å². The maximum absolute atomic E-state index is 9.64. The SMILES string of the molecule is CCOc1ccc(CN2CCCC2CC(C)O)cc1OCC. The summed E-state index contributed by atoms with van der Waals surface area (Å²) in [4.78, 5) is 2.47. The van der Waals surface area contributed by atoms with Crippen LogP contribution in [-0.4, -0.2) is 41.9 Å². The highest BCUT2D eigenvalue weighted by molar-refractivity contribution is 5.43. The summed E-state index contributed by atoms with van der Waals surface area (Å²) in [5.74, 6) is 1.64. The molecule has 2 atom stereocenters. The van der Waals surface area contributed by atoms with E-state index in [1.807, 2.05) is 26.8 Å². The summed E-state index contributed by atoms with van der Waals surface area (Å²) >= 11 is 0. The number of aliphatic hydroxyl groups is 1. The molecule has 22 heavy (non-hydrogen) atoms. The molecule has 1 heterocycles. The molecule has 1 aliphatic rings. The average Bonchev–Trinajstić information content (AvgIpc) is 2.88. The molecule has 0 saturated carbocycles. The van der Waals surface area contributed by atoms with Crippen molar-refractivity contribution in [3.63, 3.8) is 0 Å². The largest absolute Gasteiger partial charge is 0.490 e. The lowest BCUT2D eigenvalue weighted by Gasteiger charge is -2.26. The van der Waals surface area contributed by atoms with E-state index in [2.05, 4.69) is 17.0 Å². The average molecular weight is 307 g/mol. The van der Waals surface area contributed by atoms with Crippen molar-refractivity contribution in [1.82, 2.24) is 4.90 Å². The van der Waals surface area contributed by atoms with Gasteiger partial charge in [-0.1, -0.05) is 6.07 Å². The summed E-state index contributed by atoms with van der Waals surface area (Å²) in [5, 5.41) is 9.64. The van der Waals surface area contributed by atoms with Gasteiger partial charge in [0.2, 0.25) is 0 Å². The lowest BCUT2D eigenvalue weighted by Crippen LogP contribution is -2.31. The zero-order valence-electron chi connectivity index (χ0n) is 14.0. The number of hydrogen-bond acceptors (Lipinski definition) is 4. The number of nitrogens with zero attached hydrogens (tertiary/aromatic N) is 1. The van der Waals surface area contributed by atoms with Crippen LogP contribution >= 0.6 is 0 Å². The Morgan fingerprint density at radius 2 is 1.95 bits per heavy atom. The molecule has 124 valence electrons. The summed E-state index contributed by atoms with van der Waals surface area (Å²) in [5.41, 5.74) is 1.24. The number of rotatable bonds is 8. The molecule has 4 heteroatoms. The van der Waals surface area contributed by atoms with Gasteiger partial charge in [-0.3, -0.25) is 4.90 Å². The third-order valence-corrected chi connectivity index (χ3v) is 4.11. The molecule has 4 nitrogen and oxygen atoms in total. The second-order valence-corrected chi connectivity index (χ2v) is 6.00. The lowest BCUT2D eigenvalue weighted by molar-refractivity contribution is 0.130. The highest BCUT2D eigenvalue weighted by Crippen LogP contribution is 2.30.